The molecule has 1 aliphatic heterocycles. The molecule has 0 aliphatic carbocycles. The zero-order valence-corrected chi connectivity index (χ0v) is 11.8. The maximum atomic E-state index is 10.9. The molecule has 1 aromatic heterocycles. The fourth-order valence-corrected chi connectivity index (χ4v) is 2.05. The van der Waals surface area contributed by atoms with Crippen molar-refractivity contribution in [2.45, 2.75) is 6.92 Å². The van der Waals surface area contributed by atoms with Crippen LogP contribution in [-0.4, -0.2) is 65.1 Å². The van der Waals surface area contributed by atoms with E-state index in [1.807, 2.05) is 11.8 Å². The number of nitrogens with zero attached hydrogens (tertiary/aromatic N) is 5. The Hall–Kier alpha value is -2.58. The summed E-state index contributed by atoms with van der Waals surface area (Å²) in [4.78, 5) is 27.4. The van der Waals surface area contributed by atoms with Crippen molar-refractivity contribution in [1.82, 2.24) is 14.9 Å². The summed E-state index contributed by atoms with van der Waals surface area (Å²) in [6, 6.07) is 0. The summed E-state index contributed by atoms with van der Waals surface area (Å²) >= 11 is 0. The number of carbonyl (C=O) groups is 1. The molecule has 9 nitrogen and oxygen atoms in total. The third kappa shape index (κ3) is 3.50. The van der Waals surface area contributed by atoms with E-state index in [4.69, 9.17) is 15.7 Å². The maximum absolute atomic E-state index is 10.9. The van der Waals surface area contributed by atoms with Crippen LogP contribution in [0.5, 0.6) is 0 Å². The molecule has 1 fully saturated rings. The Kier molecular flexibility index (Phi) is 4.75. The number of piperazine rings is 1. The quantitative estimate of drug-likeness (QED) is 0.603. The van der Waals surface area contributed by atoms with Gasteiger partial charge in [-0.05, 0) is 6.92 Å². The summed E-state index contributed by atoms with van der Waals surface area (Å²) in [7, 11) is 0. The molecule has 0 unspecified atom stereocenters. The molecule has 2 rings (SSSR count). The average molecular weight is 294 g/mol. The third-order valence-electron chi connectivity index (χ3n) is 3.13. The molecule has 0 spiro atoms. The molecule has 0 bridgehead atoms. The van der Waals surface area contributed by atoms with E-state index in [0.29, 0.717) is 50.0 Å². The highest BCUT2D eigenvalue weighted by atomic mass is 16.6. The van der Waals surface area contributed by atoms with Gasteiger partial charge in [0.2, 0.25) is 0 Å². The molecule has 2 heterocycles. The average Bonchev–Trinajstić information content (AvgIpc) is 2.49. The van der Waals surface area contributed by atoms with Gasteiger partial charge in [0.1, 0.15) is 24.6 Å². The normalized spacial score (nSPS) is 15.5. The summed E-state index contributed by atoms with van der Waals surface area (Å²) in [5, 5.41) is 12.8. The van der Waals surface area contributed by atoms with Crippen molar-refractivity contribution < 1.29 is 14.7 Å². The predicted molar refractivity (Wildman–Crippen MR) is 77.5 cm³/mol. The predicted octanol–water partition coefficient (Wildman–Crippen LogP) is 0.229. The van der Waals surface area contributed by atoms with Crippen molar-refractivity contribution in [2.75, 3.05) is 43.4 Å². The second-order valence-electron chi connectivity index (χ2n) is 4.41. The van der Waals surface area contributed by atoms with Crippen molar-refractivity contribution in [3.63, 3.8) is 0 Å². The lowest BCUT2D eigenvalue weighted by Gasteiger charge is -2.34. The maximum Gasteiger partial charge on any atom is 0.407 e. The lowest BCUT2D eigenvalue weighted by molar-refractivity contribution is 0.142. The summed E-state index contributed by atoms with van der Waals surface area (Å²) in [6.07, 6.45) is 1.96. The van der Waals surface area contributed by atoms with Crippen LogP contribution in [0.2, 0.25) is 0 Å². The van der Waals surface area contributed by atoms with E-state index >= 15 is 0 Å². The Bertz CT molecular complexity index is 528. The summed E-state index contributed by atoms with van der Waals surface area (Å²) in [5.41, 5.74) is 6.44. The van der Waals surface area contributed by atoms with Gasteiger partial charge < -0.3 is 25.5 Å². The van der Waals surface area contributed by atoms with Gasteiger partial charge in [0.25, 0.3) is 0 Å². The molecule has 1 aromatic rings. The molecule has 3 N–H and O–H groups in total. The van der Waals surface area contributed by atoms with Crippen molar-refractivity contribution in [3.05, 3.63) is 11.9 Å². The third-order valence-corrected chi connectivity index (χ3v) is 3.13. The SMILES string of the molecule is CCON=Cc1c(N)ncnc1N1CCN(C(=O)O)CC1. The number of hydrogen-bond donors (Lipinski definition) is 2. The fourth-order valence-electron chi connectivity index (χ4n) is 2.05. The number of hydrogen-bond acceptors (Lipinski definition) is 7. The number of amides is 1. The Morgan fingerprint density at radius 2 is 2.19 bits per heavy atom. The van der Waals surface area contributed by atoms with Crippen LogP contribution in [0.15, 0.2) is 11.5 Å². The van der Waals surface area contributed by atoms with Gasteiger partial charge in [-0.3, -0.25) is 0 Å². The number of nitrogen functional groups attached to an aromatic ring is 1. The first-order valence-electron chi connectivity index (χ1n) is 6.62. The lowest BCUT2D eigenvalue weighted by atomic mass is 10.2. The molecule has 1 amide bonds. The zero-order chi connectivity index (χ0) is 15.2. The van der Waals surface area contributed by atoms with E-state index in [0.717, 1.165) is 0 Å². The van der Waals surface area contributed by atoms with Crippen LogP contribution in [0.3, 0.4) is 0 Å². The molecule has 1 saturated heterocycles. The van der Waals surface area contributed by atoms with Crippen molar-refractivity contribution in [2.24, 2.45) is 5.16 Å². The monoisotopic (exact) mass is 294 g/mol. The van der Waals surface area contributed by atoms with Gasteiger partial charge in [-0.15, -0.1) is 0 Å². The minimum Gasteiger partial charge on any atom is -0.465 e. The van der Waals surface area contributed by atoms with Gasteiger partial charge in [0.15, 0.2) is 0 Å². The minimum atomic E-state index is -0.907. The van der Waals surface area contributed by atoms with Crippen LogP contribution < -0.4 is 10.6 Å². The first kappa shape index (κ1) is 14.8. The Morgan fingerprint density at radius 1 is 1.48 bits per heavy atom. The van der Waals surface area contributed by atoms with Crippen LogP contribution in [0, 0.1) is 0 Å². The van der Waals surface area contributed by atoms with Crippen LogP contribution in [0.1, 0.15) is 12.5 Å². The highest BCUT2D eigenvalue weighted by molar-refractivity contribution is 5.91. The first-order chi connectivity index (χ1) is 10.1. The molecule has 21 heavy (non-hydrogen) atoms. The van der Waals surface area contributed by atoms with Gasteiger partial charge in [-0.1, -0.05) is 5.16 Å². The van der Waals surface area contributed by atoms with Gasteiger partial charge in [0.05, 0.1) is 11.8 Å². The molecule has 0 radical (unpaired) electrons. The number of nitrogens with two attached hydrogens (primary N) is 1. The van der Waals surface area contributed by atoms with E-state index < -0.39 is 6.09 Å². The molecule has 0 aromatic carbocycles. The molecule has 114 valence electrons. The van der Waals surface area contributed by atoms with E-state index in [2.05, 4.69) is 15.1 Å². The number of anilines is 2. The van der Waals surface area contributed by atoms with E-state index in [1.165, 1.54) is 17.4 Å². The highest BCUT2D eigenvalue weighted by Gasteiger charge is 2.23. The Morgan fingerprint density at radius 3 is 2.81 bits per heavy atom. The van der Waals surface area contributed by atoms with Gasteiger partial charge in [0, 0.05) is 26.2 Å². The van der Waals surface area contributed by atoms with E-state index in [1.54, 1.807) is 0 Å². The minimum absolute atomic E-state index is 0.309. The molecule has 9 heteroatoms. The number of carboxylic acid groups (broad SMARTS) is 1. The number of oxime groups is 1. The molecule has 0 atom stereocenters. The van der Waals surface area contributed by atoms with Crippen molar-refractivity contribution in [3.8, 4) is 0 Å². The molecular formula is C12H18N6O3. The van der Waals surface area contributed by atoms with Crippen LogP contribution in [0.4, 0.5) is 16.4 Å². The zero-order valence-electron chi connectivity index (χ0n) is 11.8. The second-order valence-corrected chi connectivity index (χ2v) is 4.41. The standard InChI is InChI=1S/C12H18N6O3/c1-2-21-16-7-9-10(13)14-8-15-11(9)17-3-5-18(6-4-17)12(19)20/h7-8H,2-6H2,1H3,(H,19,20)(H2,13,14,15). The van der Waals surface area contributed by atoms with Crippen molar-refractivity contribution >= 4 is 23.9 Å². The molecule has 1 aliphatic rings. The smallest absolute Gasteiger partial charge is 0.407 e. The van der Waals surface area contributed by atoms with Crippen LogP contribution in [0.25, 0.3) is 0 Å². The van der Waals surface area contributed by atoms with Crippen molar-refractivity contribution in [1.29, 1.82) is 0 Å². The molecular weight excluding hydrogens is 276 g/mol. The number of rotatable bonds is 4. The van der Waals surface area contributed by atoms with E-state index in [9.17, 15) is 4.79 Å². The largest absolute Gasteiger partial charge is 0.465 e. The molecule has 0 saturated carbocycles. The second kappa shape index (κ2) is 6.73. The summed E-state index contributed by atoms with van der Waals surface area (Å²) in [5.74, 6) is 0.945. The van der Waals surface area contributed by atoms with Gasteiger partial charge >= 0.3 is 6.09 Å². The fraction of sp³-hybridized carbons (Fsp3) is 0.500. The first-order valence-corrected chi connectivity index (χ1v) is 6.62. The Balaban J connectivity index is 2.16. The summed E-state index contributed by atoms with van der Waals surface area (Å²) in [6.45, 7) is 4.20. The highest BCUT2D eigenvalue weighted by Crippen LogP contribution is 2.21. The lowest BCUT2D eigenvalue weighted by Crippen LogP contribution is -2.48. The summed E-state index contributed by atoms with van der Waals surface area (Å²) < 4.78 is 0. The van der Waals surface area contributed by atoms with Gasteiger partial charge in [-0.2, -0.15) is 0 Å². The van der Waals surface area contributed by atoms with E-state index in [-0.39, 0.29) is 0 Å². The van der Waals surface area contributed by atoms with Gasteiger partial charge in [-0.25, -0.2) is 14.8 Å². The number of aromatic nitrogens is 2. The van der Waals surface area contributed by atoms with Crippen LogP contribution >= 0.6 is 0 Å². The van der Waals surface area contributed by atoms with Crippen LogP contribution in [-0.2, 0) is 4.84 Å². The Labute approximate surface area is 122 Å². The topological polar surface area (TPSA) is 117 Å².